The molecule has 3 N–H and O–H groups in total. The molecule has 0 aromatic heterocycles. The standard InChI is InChI=1S/C19H24N2O2/c1-13(2)12-23-17-8-5-15(6-9-17)10-19(22)21-18-11-16(20)7-4-14(18)3/h4-9,11,13H,10,12,20H2,1-3H3,(H,21,22). The number of carbonyl (C=O) groups excluding carboxylic acids is 1. The molecule has 0 unspecified atom stereocenters. The summed E-state index contributed by atoms with van der Waals surface area (Å²) in [5.74, 6) is 1.26. The van der Waals surface area contributed by atoms with E-state index in [-0.39, 0.29) is 5.91 Å². The van der Waals surface area contributed by atoms with Crippen LogP contribution < -0.4 is 15.8 Å². The number of anilines is 2. The Bertz CT molecular complexity index is 664. The number of nitrogens with two attached hydrogens (primary N) is 1. The Morgan fingerprint density at radius 2 is 1.87 bits per heavy atom. The van der Waals surface area contributed by atoms with E-state index in [9.17, 15) is 4.79 Å². The van der Waals surface area contributed by atoms with Gasteiger partial charge in [0, 0.05) is 11.4 Å². The lowest BCUT2D eigenvalue weighted by molar-refractivity contribution is -0.115. The third-order valence-corrected chi connectivity index (χ3v) is 3.41. The molecular weight excluding hydrogens is 288 g/mol. The summed E-state index contributed by atoms with van der Waals surface area (Å²) in [5, 5.41) is 2.90. The highest BCUT2D eigenvalue weighted by Crippen LogP contribution is 2.19. The largest absolute Gasteiger partial charge is 0.493 e. The Morgan fingerprint density at radius 3 is 2.52 bits per heavy atom. The molecule has 0 saturated carbocycles. The van der Waals surface area contributed by atoms with Crippen molar-refractivity contribution in [2.24, 2.45) is 5.92 Å². The molecule has 0 saturated heterocycles. The Hall–Kier alpha value is -2.49. The highest BCUT2D eigenvalue weighted by atomic mass is 16.5. The van der Waals surface area contributed by atoms with Crippen LogP contribution in [0.5, 0.6) is 5.75 Å². The fourth-order valence-electron chi connectivity index (χ4n) is 2.12. The molecule has 1 amide bonds. The predicted molar refractivity (Wildman–Crippen MR) is 94.7 cm³/mol. The summed E-state index contributed by atoms with van der Waals surface area (Å²) in [6.07, 6.45) is 0.318. The van der Waals surface area contributed by atoms with Crippen molar-refractivity contribution in [1.82, 2.24) is 0 Å². The van der Waals surface area contributed by atoms with E-state index in [1.807, 2.05) is 43.3 Å². The van der Waals surface area contributed by atoms with E-state index < -0.39 is 0 Å². The second-order valence-electron chi connectivity index (χ2n) is 6.15. The number of nitrogens with one attached hydrogen (secondary N) is 1. The van der Waals surface area contributed by atoms with Crippen molar-refractivity contribution < 1.29 is 9.53 Å². The maximum atomic E-state index is 12.2. The number of benzene rings is 2. The van der Waals surface area contributed by atoms with Crippen LogP contribution in [0.15, 0.2) is 42.5 Å². The minimum Gasteiger partial charge on any atom is -0.493 e. The van der Waals surface area contributed by atoms with E-state index >= 15 is 0 Å². The van der Waals surface area contributed by atoms with Gasteiger partial charge in [0.1, 0.15) is 5.75 Å². The Balaban J connectivity index is 1.93. The van der Waals surface area contributed by atoms with E-state index in [0.29, 0.717) is 24.6 Å². The minimum atomic E-state index is -0.0606. The fraction of sp³-hybridized carbons (Fsp3) is 0.316. The first kappa shape index (κ1) is 16.9. The lowest BCUT2D eigenvalue weighted by atomic mass is 10.1. The van der Waals surface area contributed by atoms with E-state index in [4.69, 9.17) is 10.5 Å². The summed E-state index contributed by atoms with van der Waals surface area (Å²) in [5.41, 5.74) is 9.09. The summed E-state index contributed by atoms with van der Waals surface area (Å²) in [6.45, 7) is 6.85. The van der Waals surface area contributed by atoms with Gasteiger partial charge in [-0.05, 0) is 48.2 Å². The van der Waals surface area contributed by atoms with Crippen LogP contribution in [0.2, 0.25) is 0 Å². The van der Waals surface area contributed by atoms with Crippen molar-refractivity contribution in [2.75, 3.05) is 17.7 Å². The zero-order chi connectivity index (χ0) is 16.8. The summed E-state index contributed by atoms with van der Waals surface area (Å²) in [4.78, 5) is 12.2. The number of hydrogen-bond acceptors (Lipinski definition) is 3. The number of carbonyl (C=O) groups is 1. The van der Waals surface area contributed by atoms with E-state index in [2.05, 4.69) is 19.2 Å². The molecule has 0 bridgehead atoms. The third-order valence-electron chi connectivity index (χ3n) is 3.41. The first-order valence-electron chi connectivity index (χ1n) is 7.82. The molecule has 23 heavy (non-hydrogen) atoms. The smallest absolute Gasteiger partial charge is 0.228 e. The first-order chi connectivity index (χ1) is 10.9. The molecule has 0 aliphatic rings. The molecule has 0 atom stereocenters. The zero-order valence-electron chi connectivity index (χ0n) is 13.9. The van der Waals surface area contributed by atoms with Crippen LogP contribution in [0.25, 0.3) is 0 Å². The van der Waals surface area contributed by atoms with Crippen molar-refractivity contribution in [3.63, 3.8) is 0 Å². The number of ether oxygens (including phenoxy) is 1. The number of amides is 1. The van der Waals surface area contributed by atoms with Crippen molar-refractivity contribution >= 4 is 17.3 Å². The average molecular weight is 312 g/mol. The van der Waals surface area contributed by atoms with Crippen molar-refractivity contribution in [1.29, 1.82) is 0 Å². The maximum absolute atomic E-state index is 12.2. The SMILES string of the molecule is Cc1ccc(N)cc1NC(=O)Cc1ccc(OCC(C)C)cc1. The van der Waals surface area contributed by atoms with Gasteiger partial charge >= 0.3 is 0 Å². The number of aryl methyl sites for hydroxylation is 1. The van der Waals surface area contributed by atoms with Crippen molar-refractivity contribution in [3.05, 3.63) is 53.6 Å². The number of hydrogen-bond donors (Lipinski definition) is 2. The molecule has 2 aromatic carbocycles. The van der Waals surface area contributed by atoms with Crippen LogP contribution >= 0.6 is 0 Å². The molecule has 0 aliphatic carbocycles. The molecule has 122 valence electrons. The number of nitrogen functional groups attached to an aromatic ring is 1. The highest BCUT2D eigenvalue weighted by molar-refractivity contribution is 5.93. The quantitative estimate of drug-likeness (QED) is 0.798. The fourth-order valence-corrected chi connectivity index (χ4v) is 2.12. The van der Waals surface area contributed by atoms with Crippen molar-refractivity contribution in [2.45, 2.75) is 27.2 Å². The lowest BCUT2D eigenvalue weighted by Crippen LogP contribution is -2.15. The van der Waals surface area contributed by atoms with Gasteiger partial charge in [0.15, 0.2) is 0 Å². The van der Waals surface area contributed by atoms with E-state index in [1.165, 1.54) is 0 Å². The molecule has 4 nitrogen and oxygen atoms in total. The summed E-state index contributed by atoms with van der Waals surface area (Å²) >= 11 is 0. The first-order valence-corrected chi connectivity index (χ1v) is 7.82. The molecule has 0 spiro atoms. The van der Waals surface area contributed by atoms with Gasteiger partial charge in [0.25, 0.3) is 0 Å². The summed E-state index contributed by atoms with van der Waals surface area (Å²) in [6, 6.07) is 13.1. The van der Waals surface area contributed by atoms with Crippen molar-refractivity contribution in [3.8, 4) is 5.75 Å². The van der Waals surface area contributed by atoms with Crippen LogP contribution in [0.4, 0.5) is 11.4 Å². The molecule has 0 aliphatic heterocycles. The highest BCUT2D eigenvalue weighted by Gasteiger charge is 2.07. The topological polar surface area (TPSA) is 64.3 Å². The van der Waals surface area contributed by atoms with E-state index in [0.717, 1.165) is 22.6 Å². The Kier molecular flexibility index (Phi) is 5.63. The van der Waals surface area contributed by atoms with Crippen LogP contribution in [-0.4, -0.2) is 12.5 Å². The zero-order valence-corrected chi connectivity index (χ0v) is 13.9. The van der Waals surface area contributed by atoms with Gasteiger partial charge in [-0.2, -0.15) is 0 Å². The predicted octanol–water partition coefficient (Wildman–Crippen LogP) is 3.79. The van der Waals surface area contributed by atoms with Gasteiger partial charge in [-0.15, -0.1) is 0 Å². The lowest BCUT2D eigenvalue weighted by Gasteiger charge is -2.11. The van der Waals surface area contributed by atoms with Crippen LogP contribution in [0, 0.1) is 12.8 Å². The van der Waals surface area contributed by atoms with Crippen LogP contribution in [0.3, 0.4) is 0 Å². The molecule has 2 rings (SSSR count). The van der Waals surface area contributed by atoms with Gasteiger partial charge < -0.3 is 15.8 Å². The van der Waals surface area contributed by atoms with Gasteiger partial charge in [0.05, 0.1) is 13.0 Å². The minimum absolute atomic E-state index is 0.0606. The van der Waals surface area contributed by atoms with Gasteiger partial charge in [0.2, 0.25) is 5.91 Å². The molecule has 4 heteroatoms. The summed E-state index contributed by atoms with van der Waals surface area (Å²) < 4.78 is 5.64. The van der Waals surface area contributed by atoms with Gasteiger partial charge in [-0.25, -0.2) is 0 Å². The second kappa shape index (κ2) is 7.68. The summed E-state index contributed by atoms with van der Waals surface area (Å²) in [7, 11) is 0. The number of rotatable bonds is 6. The normalized spacial score (nSPS) is 10.6. The maximum Gasteiger partial charge on any atom is 0.228 e. The van der Waals surface area contributed by atoms with Crippen LogP contribution in [-0.2, 0) is 11.2 Å². The van der Waals surface area contributed by atoms with Crippen LogP contribution in [0.1, 0.15) is 25.0 Å². The monoisotopic (exact) mass is 312 g/mol. The van der Waals surface area contributed by atoms with Gasteiger partial charge in [-0.1, -0.05) is 32.0 Å². The van der Waals surface area contributed by atoms with E-state index in [1.54, 1.807) is 6.07 Å². The Labute approximate surface area is 137 Å². The third kappa shape index (κ3) is 5.33. The molecule has 2 aromatic rings. The van der Waals surface area contributed by atoms with Gasteiger partial charge in [-0.3, -0.25) is 4.79 Å². The molecule has 0 heterocycles. The Morgan fingerprint density at radius 1 is 1.17 bits per heavy atom. The molecular formula is C19H24N2O2. The molecule has 0 fully saturated rings. The average Bonchev–Trinajstić information content (AvgIpc) is 2.50. The molecule has 0 radical (unpaired) electrons. The second-order valence-corrected chi connectivity index (χ2v) is 6.15.